The van der Waals surface area contributed by atoms with Gasteiger partial charge in [0, 0.05) is 12.1 Å². The van der Waals surface area contributed by atoms with Crippen molar-refractivity contribution in [3.8, 4) is 28.8 Å². The molecule has 7 nitrogen and oxygen atoms in total. The third kappa shape index (κ3) is 2.46. The van der Waals surface area contributed by atoms with Crippen LogP contribution in [0.2, 0.25) is 0 Å². The SMILES string of the molecule is CCCNc1nc(N)nc(-c2ccc3c(c2)OCO3)c1C#N. The lowest BCUT2D eigenvalue weighted by molar-refractivity contribution is 0.174. The Morgan fingerprint density at radius 2 is 2.14 bits per heavy atom. The molecule has 3 rings (SSSR count). The fraction of sp³-hybridized carbons (Fsp3) is 0.267. The van der Waals surface area contributed by atoms with Crippen LogP contribution < -0.4 is 20.5 Å². The molecule has 2 aromatic rings. The molecule has 2 heterocycles. The van der Waals surface area contributed by atoms with Crippen LogP contribution in [0.4, 0.5) is 11.8 Å². The zero-order chi connectivity index (χ0) is 15.5. The number of nitrogen functional groups attached to an aromatic ring is 1. The number of nitrogens with two attached hydrogens (primary N) is 1. The van der Waals surface area contributed by atoms with Crippen LogP contribution in [0.3, 0.4) is 0 Å². The van der Waals surface area contributed by atoms with Gasteiger partial charge in [-0.15, -0.1) is 0 Å². The molecule has 112 valence electrons. The molecule has 1 aromatic carbocycles. The summed E-state index contributed by atoms with van der Waals surface area (Å²) < 4.78 is 10.7. The van der Waals surface area contributed by atoms with E-state index in [-0.39, 0.29) is 12.7 Å². The van der Waals surface area contributed by atoms with Crippen LogP contribution >= 0.6 is 0 Å². The quantitative estimate of drug-likeness (QED) is 0.890. The van der Waals surface area contributed by atoms with Gasteiger partial charge in [-0.1, -0.05) is 6.92 Å². The molecule has 1 aliphatic rings. The van der Waals surface area contributed by atoms with Gasteiger partial charge in [-0.3, -0.25) is 0 Å². The average molecular weight is 297 g/mol. The van der Waals surface area contributed by atoms with E-state index in [0.717, 1.165) is 12.0 Å². The maximum absolute atomic E-state index is 9.48. The number of benzene rings is 1. The molecule has 0 fully saturated rings. The van der Waals surface area contributed by atoms with E-state index in [9.17, 15) is 5.26 Å². The summed E-state index contributed by atoms with van der Waals surface area (Å²) in [5, 5.41) is 12.6. The molecular weight excluding hydrogens is 282 g/mol. The summed E-state index contributed by atoms with van der Waals surface area (Å²) in [5.41, 5.74) is 7.35. The number of hydrogen-bond acceptors (Lipinski definition) is 7. The first kappa shape index (κ1) is 13.9. The molecule has 0 spiro atoms. The molecule has 1 aliphatic heterocycles. The summed E-state index contributed by atoms with van der Waals surface area (Å²) in [6.07, 6.45) is 0.911. The number of nitrogens with zero attached hydrogens (tertiary/aromatic N) is 3. The van der Waals surface area contributed by atoms with Crippen LogP contribution in [-0.2, 0) is 0 Å². The molecule has 0 bridgehead atoms. The van der Waals surface area contributed by atoms with Gasteiger partial charge in [0.2, 0.25) is 12.7 Å². The van der Waals surface area contributed by atoms with E-state index in [0.29, 0.717) is 35.1 Å². The second kappa shape index (κ2) is 5.77. The highest BCUT2D eigenvalue weighted by Gasteiger charge is 2.19. The largest absolute Gasteiger partial charge is 0.454 e. The number of ether oxygens (including phenoxy) is 2. The predicted molar refractivity (Wildman–Crippen MR) is 81.5 cm³/mol. The van der Waals surface area contributed by atoms with E-state index >= 15 is 0 Å². The van der Waals surface area contributed by atoms with Crippen LogP contribution in [-0.4, -0.2) is 23.3 Å². The molecule has 22 heavy (non-hydrogen) atoms. The first-order valence-corrected chi connectivity index (χ1v) is 6.94. The van der Waals surface area contributed by atoms with Crippen LogP contribution in [0.5, 0.6) is 11.5 Å². The fourth-order valence-corrected chi connectivity index (χ4v) is 2.21. The van der Waals surface area contributed by atoms with Gasteiger partial charge in [0.05, 0.1) is 5.69 Å². The topological polar surface area (TPSA) is 106 Å². The van der Waals surface area contributed by atoms with Crippen molar-refractivity contribution in [1.29, 1.82) is 5.26 Å². The van der Waals surface area contributed by atoms with Crippen molar-refractivity contribution in [1.82, 2.24) is 9.97 Å². The smallest absolute Gasteiger partial charge is 0.231 e. The zero-order valence-corrected chi connectivity index (χ0v) is 12.1. The second-order valence-corrected chi connectivity index (χ2v) is 4.76. The van der Waals surface area contributed by atoms with Crippen molar-refractivity contribution in [2.75, 3.05) is 24.4 Å². The molecule has 1 aromatic heterocycles. The molecule has 0 aliphatic carbocycles. The van der Waals surface area contributed by atoms with E-state index in [4.69, 9.17) is 15.2 Å². The van der Waals surface area contributed by atoms with Crippen molar-refractivity contribution in [2.45, 2.75) is 13.3 Å². The summed E-state index contributed by atoms with van der Waals surface area (Å²) >= 11 is 0. The van der Waals surface area contributed by atoms with Crippen LogP contribution in [0.1, 0.15) is 18.9 Å². The highest BCUT2D eigenvalue weighted by atomic mass is 16.7. The van der Waals surface area contributed by atoms with Gasteiger partial charge in [0.15, 0.2) is 11.5 Å². The van der Waals surface area contributed by atoms with E-state index < -0.39 is 0 Å². The summed E-state index contributed by atoms with van der Waals surface area (Å²) in [4.78, 5) is 8.33. The van der Waals surface area contributed by atoms with Gasteiger partial charge in [-0.25, -0.2) is 4.98 Å². The Bertz CT molecular complexity index is 754. The Morgan fingerprint density at radius 1 is 1.32 bits per heavy atom. The predicted octanol–water partition coefficient (Wildman–Crippen LogP) is 2.15. The van der Waals surface area contributed by atoms with Crippen molar-refractivity contribution < 1.29 is 9.47 Å². The summed E-state index contributed by atoms with van der Waals surface area (Å²) in [6, 6.07) is 7.54. The Hall–Kier alpha value is -3.01. The van der Waals surface area contributed by atoms with Crippen LogP contribution in [0, 0.1) is 11.3 Å². The Kier molecular flexibility index (Phi) is 3.66. The Labute approximate surface area is 127 Å². The van der Waals surface area contributed by atoms with Crippen LogP contribution in [0.15, 0.2) is 18.2 Å². The molecule has 0 unspecified atom stereocenters. The minimum atomic E-state index is 0.116. The lowest BCUT2D eigenvalue weighted by Gasteiger charge is -2.11. The molecule has 7 heteroatoms. The average Bonchev–Trinajstić information content (AvgIpc) is 2.99. The molecule has 0 radical (unpaired) electrons. The van der Waals surface area contributed by atoms with Gasteiger partial charge in [0.1, 0.15) is 17.5 Å². The minimum Gasteiger partial charge on any atom is -0.454 e. The monoisotopic (exact) mass is 297 g/mol. The molecule has 0 atom stereocenters. The van der Waals surface area contributed by atoms with E-state index in [1.54, 1.807) is 12.1 Å². The van der Waals surface area contributed by atoms with E-state index in [2.05, 4.69) is 21.4 Å². The molecule has 3 N–H and O–H groups in total. The number of aromatic nitrogens is 2. The molecule has 0 saturated carbocycles. The van der Waals surface area contributed by atoms with Crippen molar-refractivity contribution >= 4 is 11.8 Å². The fourth-order valence-electron chi connectivity index (χ4n) is 2.21. The van der Waals surface area contributed by atoms with Crippen molar-refractivity contribution in [3.63, 3.8) is 0 Å². The highest BCUT2D eigenvalue weighted by Crippen LogP contribution is 2.37. The van der Waals surface area contributed by atoms with Gasteiger partial charge in [-0.05, 0) is 24.6 Å². The van der Waals surface area contributed by atoms with Gasteiger partial charge < -0.3 is 20.5 Å². The number of hydrogen-bond donors (Lipinski definition) is 2. The third-order valence-electron chi connectivity index (χ3n) is 3.23. The second-order valence-electron chi connectivity index (χ2n) is 4.76. The summed E-state index contributed by atoms with van der Waals surface area (Å²) in [6.45, 7) is 2.92. The molecule has 0 saturated heterocycles. The maximum Gasteiger partial charge on any atom is 0.231 e. The Morgan fingerprint density at radius 3 is 2.91 bits per heavy atom. The van der Waals surface area contributed by atoms with Crippen molar-refractivity contribution in [2.24, 2.45) is 0 Å². The first-order chi connectivity index (χ1) is 10.7. The normalized spacial score (nSPS) is 12.0. The van der Waals surface area contributed by atoms with Crippen molar-refractivity contribution in [3.05, 3.63) is 23.8 Å². The third-order valence-corrected chi connectivity index (χ3v) is 3.23. The standard InChI is InChI=1S/C15H15N5O2/c1-2-5-18-14-10(7-16)13(19-15(17)20-14)9-3-4-11-12(6-9)22-8-21-11/h3-4,6H,2,5,8H2,1H3,(H3,17,18,19,20). The zero-order valence-electron chi connectivity index (χ0n) is 12.1. The van der Waals surface area contributed by atoms with Gasteiger partial charge in [-0.2, -0.15) is 10.2 Å². The maximum atomic E-state index is 9.48. The van der Waals surface area contributed by atoms with E-state index in [1.165, 1.54) is 0 Å². The minimum absolute atomic E-state index is 0.116. The lowest BCUT2D eigenvalue weighted by Crippen LogP contribution is -2.09. The number of nitrogens with one attached hydrogen (secondary N) is 1. The molecule has 0 amide bonds. The highest BCUT2D eigenvalue weighted by molar-refractivity contribution is 5.75. The number of anilines is 2. The molecular formula is C15H15N5O2. The first-order valence-electron chi connectivity index (χ1n) is 6.94. The summed E-state index contributed by atoms with van der Waals surface area (Å²) in [5.74, 6) is 1.87. The van der Waals surface area contributed by atoms with Crippen LogP contribution in [0.25, 0.3) is 11.3 Å². The van der Waals surface area contributed by atoms with Gasteiger partial charge >= 0.3 is 0 Å². The number of fused-ring (bicyclic) bond motifs is 1. The number of nitriles is 1. The summed E-state index contributed by atoms with van der Waals surface area (Å²) in [7, 11) is 0. The number of rotatable bonds is 4. The Balaban J connectivity index is 2.10. The lowest BCUT2D eigenvalue weighted by atomic mass is 10.1. The van der Waals surface area contributed by atoms with Gasteiger partial charge in [0.25, 0.3) is 0 Å². The van der Waals surface area contributed by atoms with E-state index in [1.807, 2.05) is 13.0 Å².